The van der Waals surface area contributed by atoms with Gasteiger partial charge < -0.3 is 19.4 Å². The second-order valence-corrected chi connectivity index (χ2v) is 3.36. The summed E-state index contributed by atoms with van der Waals surface area (Å²) >= 11 is 0. The normalized spacial score (nSPS) is 15.0. The maximum absolute atomic E-state index is 8.61. The van der Waals surface area contributed by atoms with Crippen molar-refractivity contribution < 1.29 is 19.4 Å². The standard InChI is InChI=1S/C10H12BNO4/c13-11(14)16-9-4-2-8(3-5-9)10-12-6-1-7-15-10/h2-5,13-14H,1,6-7H2. The Labute approximate surface area is 93.5 Å². The molecule has 0 spiro atoms. The van der Waals surface area contributed by atoms with Gasteiger partial charge in [-0.2, -0.15) is 0 Å². The molecule has 0 atom stereocenters. The van der Waals surface area contributed by atoms with Crippen molar-refractivity contribution in [2.24, 2.45) is 4.99 Å². The van der Waals surface area contributed by atoms with E-state index >= 15 is 0 Å². The van der Waals surface area contributed by atoms with Gasteiger partial charge in [-0.05, 0) is 24.3 Å². The summed E-state index contributed by atoms with van der Waals surface area (Å²) in [4.78, 5) is 4.25. The Hall–Kier alpha value is -1.53. The molecule has 1 aliphatic heterocycles. The maximum atomic E-state index is 8.61. The van der Waals surface area contributed by atoms with Gasteiger partial charge in [0.25, 0.3) is 0 Å². The van der Waals surface area contributed by atoms with Crippen molar-refractivity contribution in [1.82, 2.24) is 0 Å². The molecule has 0 aliphatic carbocycles. The second kappa shape index (κ2) is 5.00. The van der Waals surface area contributed by atoms with Crippen LogP contribution in [0.2, 0.25) is 0 Å². The van der Waals surface area contributed by atoms with Crippen LogP contribution in [0, 0.1) is 0 Å². The zero-order valence-electron chi connectivity index (χ0n) is 8.67. The Bertz CT molecular complexity index is 377. The highest BCUT2D eigenvalue weighted by Crippen LogP contribution is 2.14. The number of rotatable bonds is 3. The highest BCUT2D eigenvalue weighted by Gasteiger charge is 2.12. The van der Waals surface area contributed by atoms with E-state index in [0.29, 0.717) is 18.3 Å². The van der Waals surface area contributed by atoms with Gasteiger partial charge in [-0.15, -0.1) is 0 Å². The molecule has 6 heteroatoms. The van der Waals surface area contributed by atoms with Crippen LogP contribution in [-0.2, 0) is 4.74 Å². The van der Waals surface area contributed by atoms with Crippen LogP contribution in [0.4, 0.5) is 0 Å². The molecular formula is C10H12BNO4. The molecule has 2 rings (SSSR count). The number of hydrogen-bond donors (Lipinski definition) is 2. The minimum absolute atomic E-state index is 0.384. The van der Waals surface area contributed by atoms with Gasteiger partial charge in [0, 0.05) is 18.5 Å². The number of benzene rings is 1. The lowest BCUT2D eigenvalue weighted by atomic mass is 10.2. The fourth-order valence-electron chi connectivity index (χ4n) is 1.43. The summed E-state index contributed by atoms with van der Waals surface area (Å²) in [5.74, 6) is 1.01. The van der Waals surface area contributed by atoms with Crippen molar-refractivity contribution in [2.45, 2.75) is 6.42 Å². The van der Waals surface area contributed by atoms with Gasteiger partial charge in [-0.3, -0.25) is 4.99 Å². The molecule has 0 amide bonds. The van der Waals surface area contributed by atoms with Gasteiger partial charge >= 0.3 is 7.32 Å². The summed E-state index contributed by atoms with van der Waals surface area (Å²) in [5, 5.41) is 17.2. The van der Waals surface area contributed by atoms with Crippen LogP contribution < -0.4 is 4.65 Å². The molecule has 1 aromatic rings. The number of hydrogen-bond acceptors (Lipinski definition) is 5. The van der Waals surface area contributed by atoms with Crippen molar-refractivity contribution in [3.63, 3.8) is 0 Å². The molecule has 2 N–H and O–H groups in total. The van der Waals surface area contributed by atoms with Crippen LogP contribution in [0.25, 0.3) is 0 Å². The Kier molecular flexibility index (Phi) is 3.43. The van der Waals surface area contributed by atoms with Gasteiger partial charge in [0.2, 0.25) is 5.90 Å². The number of ether oxygens (including phenoxy) is 1. The Balaban J connectivity index is 2.09. The molecular weight excluding hydrogens is 209 g/mol. The van der Waals surface area contributed by atoms with Crippen LogP contribution in [0.3, 0.4) is 0 Å². The Morgan fingerprint density at radius 3 is 2.56 bits per heavy atom. The lowest BCUT2D eigenvalue weighted by Crippen LogP contribution is -2.20. The van der Waals surface area contributed by atoms with Gasteiger partial charge in [0.15, 0.2) is 0 Å². The largest absolute Gasteiger partial charge is 0.707 e. The molecule has 0 aromatic heterocycles. The smallest absolute Gasteiger partial charge is 0.512 e. The number of nitrogens with zero attached hydrogens (tertiary/aromatic N) is 1. The van der Waals surface area contributed by atoms with Crippen molar-refractivity contribution >= 4 is 13.2 Å². The van der Waals surface area contributed by atoms with Crippen LogP contribution in [0.5, 0.6) is 5.75 Å². The average molecular weight is 221 g/mol. The quantitative estimate of drug-likeness (QED) is 0.715. The van der Waals surface area contributed by atoms with Crippen molar-refractivity contribution in [1.29, 1.82) is 0 Å². The first-order chi connectivity index (χ1) is 7.75. The van der Waals surface area contributed by atoms with Crippen molar-refractivity contribution in [2.75, 3.05) is 13.2 Å². The fourth-order valence-corrected chi connectivity index (χ4v) is 1.43. The maximum Gasteiger partial charge on any atom is 0.707 e. The lowest BCUT2D eigenvalue weighted by molar-refractivity contribution is 0.284. The summed E-state index contributed by atoms with van der Waals surface area (Å²) in [7, 11) is -1.80. The van der Waals surface area contributed by atoms with Gasteiger partial charge in [0.1, 0.15) is 5.75 Å². The molecule has 0 bridgehead atoms. The molecule has 0 unspecified atom stereocenters. The SMILES string of the molecule is OB(O)Oc1ccc(C2=NCCCO2)cc1. The predicted molar refractivity (Wildman–Crippen MR) is 59.2 cm³/mol. The number of aliphatic imine (C=N–C) groups is 1. The van der Waals surface area contributed by atoms with Gasteiger partial charge in [-0.1, -0.05) is 0 Å². The first-order valence-corrected chi connectivity index (χ1v) is 5.06. The molecule has 84 valence electrons. The second-order valence-electron chi connectivity index (χ2n) is 3.36. The third kappa shape index (κ3) is 2.74. The van der Waals surface area contributed by atoms with E-state index in [1.54, 1.807) is 24.3 Å². The van der Waals surface area contributed by atoms with E-state index in [1.165, 1.54) is 0 Å². The third-order valence-corrected chi connectivity index (χ3v) is 2.14. The molecule has 0 radical (unpaired) electrons. The first kappa shape index (κ1) is 11.0. The van der Waals surface area contributed by atoms with Crippen LogP contribution in [0.15, 0.2) is 29.3 Å². The lowest BCUT2D eigenvalue weighted by Gasteiger charge is -2.14. The minimum atomic E-state index is -1.80. The van der Waals surface area contributed by atoms with Gasteiger partial charge in [-0.25, -0.2) is 0 Å². The summed E-state index contributed by atoms with van der Waals surface area (Å²) in [5.41, 5.74) is 0.861. The predicted octanol–water partition coefficient (Wildman–Crippen LogP) is 0.202. The molecule has 16 heavy (non-hydrogen) atoms. The highest BCUT2D eigenvalue weighted by molar-refractivity contribution is 6.33. The Morgan fingerprint density at radius 1 is 1.25 bits per heavy atom. The van der Waals surface area contributed by atoms with E-state index < -0.39 is 7.32 Å². The molecule has 0 saturated carbocycles. The summed E-state index contributed by atoms with van der Waals surface area (Å²) in [6.07, 6.45) is 0.946. The summed E-state index contributed by atoms with van der Waals surface area (Å²) in [6.45, 7) is 1.47. The van der Waals surface area contributed by atoms with E-state index in [2.05, 4.69) is 9.65 Å². The highest BCUT2D eigenvalue weighted by atomic mass is 16.6. The van der Waals surface area contributed by atoms with Crippen LogP contribution in [-0.4, -0.2) is 36.4 Å². The molecule has 0 fully saturated rings. The molecule has 1 heterocycles. The molecule has 1 aliphatic rings. The Morgan fingerprint density at radius 2 is 2.00 bits per heavy atom. The molecule has 5 nitrogen and oxygen atoms in total. The third-order valence-electron chi connectivity index (χ3n) is 2.14. The summed E-state index contributed by atoms with van der Waals surface area (Å²) in [6, 6.07) is 6.80. The van der Waals surface area contributed by atoms with Gasteiger partial charge in [0.05, 0.1) is 6.61 Å². The average Bonchev–Trinajstić information content (AvgIpc) is 2.30. The van der Waals surface area contributed by atoms with E-state index in [-0.39, 0.29) is 0 Å². The van der Waals surface area contributed by atoms with Crippen molar-refractivity contribution in [3.05, 3.63) is 29.8 Å². The van der Waals surface area contributed by atoms with E-state index in [1.807, 2.05) is 0 Å². The molecule has 0 saturated heterocycles. The molecule has 1 aromatic carbocycles. The monoisotopic (exact) mass is 221 g/mol. The first-order valence-electron chi connectivity index (χ1n) is 5.06. The minimum Gasteiger partial charge on any atom is -0.512 e. The zero-order chi connectivity index (χ0) is 11.4. The van der Waals surface area contributed by atoms with Crippen LogP contribution in [0.1, 0.15) is 12.0 Å². The van der Waals surface area contributed by atoms with Crippen LogP contribution >= 0.6 is 0 Å². The van der Waals surface area contributed by atoms with Crippen molar-refractivity contribution in [3.8, 4) is 5.75 Å². The topological polar surface area (TPSA) is 71.3 Å². The van der Waals surface area contributed by atoms with E-state index in [4.69, 9.17) is 14.8 Å². The zero-order valence-corrected chi connectivity index (χ0v) is 8.67. The van der Waals surface area contributed by atoms with E-state index in [0.717, 1.165) is 18.5 Å². The summed E-state index contributed by atoms with van der Waals surface area (Å²) < 4.78 is 10.1. The van der Waals surface area contributed by atoms with E-state index in [9.17, 15) is 0 Å². The fraction of sp³-hybridized carbons (Fsp3) is 0.300.